The Morgan fingerprint density at radius 3 is 2.38 bits per heavy atom. The standard InChI is InChI=1S/C23H35N7OS/c1-2-14-29-21(18-8-12-24-13-9-18)27-30(23(29)32)17-28-15-10-20(11-16-28)26-22(31)25-19-6-4-3-5-7-19/h8-9,12-13,19-20H,2-7,10-11,14-17H2,1H3,(H2,25,26,31). The second-order valence-electron chi connectivity index (χ2n) is 8.98. The van der Waals surface area contributed by atoms with Crippen LogP contribution in [0.15, 0.2) is 24.5 Å². The summed E-state index contributed by atoms with van der Waals surface area (Å²) in [7, 11) is 0. The van der Waals surface area contributed by atoms with Crippen molar-refractivity contribution in [3.05, 3.63) is 29.3 Å². The highest BCUT2D eigenvalue weighted by Gasteiger charge is 2.23. The normalized spacial score (nSPS) is 18.5. The number of hydrogen-bond acceptors (Lipinski definition) is 5. The summed E-state index contributed by atoms with van der Waals surface area (Å²) in [6, 6.07) is 4.52. The molecule has 2 aromatic heterocycles. The highest BCUT2D eigenvalue weighted by atomic mass is 32.1. The Balaban J connectivity index is 1.32. The van der Waals surface area contributed by atoms with E-state index in [9.17, 15) is 4.79 Å². The summed E-state index contributed by atoms with van der Waals surface area (Å²) in [6.45, 7) is 5.51. The van der Waals surface area contributed by atoms with E-state index in [1.807, 2.05) is 16.8 Å². The maximum absolute atomic E-state index is 12.4. The van der Waals surface area contributed by atoms with Crippen LogP contribution in [-0.2, 0) is 13.2 Å². The van der Waals surface area contributed by atoms with Crippen LogP contribution >= 0.6 is 12.2 Å². The van der Waals surface area contributed by atoms with Crippen molar-refractivity contribution in [1.82, 2.24) is 34.9 Å². The number of hydrogen-bond donors (Lipinski definition) is 2. The lowest BCUT2D eigenvalue weighted by molar-refractivity contribution is 0.150. The Morgan fingerprint density at radius 1 is 1.06 bits per heavy atom. The number of amides is 2. The van der Waals surface area contributed by atoms with Crippen LogP contribution < -0.4 is 10.6 Å². The van der Waals surface area contributed by atoms with Crippen molar-refractivity contribution in [2.75, 3.05) is 13.1 Å². The summed E-state index contributed by atoms with van der Waals surface area (Å²) in [5, 5.41) is 11.2. The number of piperidine rings is 1. The molecule has 0 unspecified atom stereocenters. The maximum atomic E-state index is 12.4. The molecule has 2 N–H and O–H groups in total. The molecule has 0 radical (unpaired) electrons. The van der Waals surface area contributed by atoms with E-state index in [-0.39, 0.29) is 12.1 Å². The second kappa shape index (κ2) is 11.0. The first-order chi connectivity index (χ1) is 15.6. The zero-order valence-corrected chi connectivity index (χ0v) is 19.8. The molecule has 1 saturated heterocycles. The van der Waals surface area contributed by atoms with Crippen molar-refractivity contribution in [2.45, 2.75) is 83.6 Å². The van der Waals surface area contributed by atoms with Crippen LogP contribution in [0.2, 0.25) is 0 Å². The van der Waals surface area contributed by atoms with Gasteiger partial charge in [-0.3, -0.25) is 14.5 Å². The fraction of sp³-hybridized carbons (Fsp3) is 0.652. The van der Waals surface area contributed by atoms with Crippen molar-refractivity contribution < 1.29 is 4.79 Å². The highest BCUT2D eigenvalue weighted by Crippen LogP contribution is 2.20. The van der Waals surface area contributed by atoms with Gasteiger partial charge in [0, 0.05) is 49.7 Å². The van der Waals surface area contributed by atoms with E-state index >= 15 is 0 Å². The molecule has 32 heavy (non-hydrogen) atoms. The molecule has 0 aromatic carbocycles. The molecule has 2 aromatic rings. The van der Waals surface area contributed by atoms with Crippen molar-refractivity contribution in [1.29, 1.82) is 0 Å². The fourth-order valence-electron chi connectivity index (χ4n) is 4.74. The number of carbonyl (C=O) groups is 1. The number of nitrogens with zero attached hydrogens (tertiary/aromatic N) is 5. The smallest absolute Gasteiger partial charge is 0.315 e. The molecule has 2 aliphatic rings. The molecule has 8 nitrogen and oxygen atoms in total. The van der Waals surface area contributed by atoms with Gasteiger partial charge in [-0.05, 0) is 56.5 Å². The van der Waals surface area contributed by atoms with Crippen LogP contribution in [-0.4, -0.2) is 55.4 Å². The molecular formula is C23H35N7OS. The molecule has 1 aliphatic carbocycles. The first-order valence-corrected chi connectivity index (χ1v) is 12.4. The van der Waals surface area contributed by atoms with Crippen molar-refractivity contribution in [2.24, 2.45) is 0 Å². The quantitative estimate of drug-likeness (QED) is 0.616. The molecule has 1 aliphatic heterocycles. The lowest BCUT2D eigenvalue weighted by Gasteiger charge is -2.32. The van der Waals surface area contributed by atoms with Crippen LogP contribution in [0.5, 0.6) is 0 Å². The topological polar surface area (TPSA) is 80.0 Å². The zero-order valence-electron chi connectivity index (χ0n) is 19.0. The zero-order chi connectivity index (χ0) is 22.3. The SMILES string of the molecule is CCCn1c(-c2ccncc2)nn(CN2CCC(NC(=O)NC3CCCCC3)CC2)c1=S. The monoisotopic (exact) mass is 457 g/mol. The van der Waals surface area contributed by atoms with E-state index < -0.39 is 0 Å². The van der Waals surface area contributed by atoms with Gasteiger partial charge in [0.05, 0.1) is 6.67 Å². The molecular weight excluding hydrogens is 422 g/mol. The van der Waals surface area contributed by atoms with Gasteiger partial charge < -0.3 is 10.6 Å². The summed E-state index contributed by atoms with van der Waals surface area (Å²) in [6.07, 6.45) is 12.4. The minimum absolute atomic E-state index is 0.00197. The van der Waals surface area contributed by atoms with Gasteiger partial charge in [-0.15, -0.1) is 0 Å². The van der Waals surface area contributed by atoms with E-state index in [0.717, 1.165) is 67.9 Å². The molecule has 0 bridgehead atoms. The molecule has 0 spiro atoms. The summed E-state index contributed by atoms with van der Waals surface area (Å²) in [5.74, 6) is 0.898. The predicted molar refractivity (Wildman–Crippen MR) is 128 cm³/mol. The molecule has 1 saturated carbocycles. The van der Waals surface area contributed by atoms with E-state index in [4.69, 9.17) is 17.3 Å². The Labute approximate surface area is 195 Å². The third-order valence-electron chi connectivity index (χ3n) is 6.51. The second-order valence-corrected chi connectivity index (χ2v) is 9.34. The van der Waals surface area contributed by atoms with Crippen molar-refractivity contribution >= 4 is 18.2 Å². The van der Waals surface area contributed by atoms with E-state index in [0.29, 0.717) is 12.7 Å². The van der Waals surface area contributed by atoms with Crippen LogP contribution in [0.1, 0.15) is 58.3 Å². The average Bonchev–Trinajstić information content (AvgIpc) is 3.12. The van der Waals surface area contributed by atoms with Crippen LogP contribution in [0.25, 0.3) is 11.4 Å². The lowest BCUT2D eigenvalue weighted by atomic mass is 9.96. The van der Waals surface area contributed by atoms with E-state index in [2.05, 4.69) is 32.0 Å². The Bertz CT molecular complexity index is 928. The molecule has 0 atom stereocenters. The minimum Gasteiger partial charge on any atom is -0.335 e. The maximum Gasteiger partial charge on any atom is 0.315 e. The molecule has 2 fully saturated rings. The molecule has 3 heterocycles. The van der Waals surface area contributed by atoms with Gasteiger partial charge in [0.25, 0.3) is 0 Å². The first kappa shape index (κ1) is 22.9. The summed E-state index contributed by atoms with van der Waals surface area (Å²) in [4.78, 5) is 18.8. The van der Waals surface area contributed by atoms with Gasteiger partial charge in [0.1, 0.15) is 0 Å². The Kier molecular flexibility index (Phi) is 7.91. The summed E-state index contributed by atoms with van der Waals surface area (Å²) < 4.78 is 4.81. The third kappa shape index (κ3) is 5.75. The largest absolute Gasteiger partial charge is 0.335 e. The number of carbonyl (C=O) groups excluding carboxylic acids is 1. The van der Waals surface area contributed by atoms with Gasteiger partial charge in [-0.1, -0.05) is 26.2 Å². The van der Waals surface area contributed by atoms with Gasteiger partial charge in [-0.2, -0.15) is 5.10 Å². The number of pyridine rings is 1. The van der Waals surface area contributed by atoms with Gasteiger partial charge in [0.15, 0.2) is 10.6 Å². The minimum atomic E-state index is -0.00197. The van der Waals surface area contributed by atoms with Crippen LogP contribution in [0.3, 0.4) is 0 Å². The average molecular weight is 458 g/mol. The van der Waals surface area contributed by atoms with E-state index in [1.165, 1.54) is 19.3 Å². The lowest BCUT2D eigenvalue weighted by Crippen LogP contribution is -2.50. The number of aromatic nitrogens is 4. The van der Waals surface area contributed by atoms with Crippen molar-refractivity contribution in [3.63, 3.8) is 0 Å². The highest BCUT2D eigenvalue weighted by molar-refractivity contribution is 7.71. The first-order valence-electron chi connectivity index (χ1n) is 12.0. The number of urea groups is 1. The van der Waals surface area contributed by atoms with E-state index in [1.54, 1.807) is 12.4 Å². The summed E-state index contributed by atoms with van der Waals surface area (Å²) >= 11 is 5.76. The molecule has 9 heteroatoms. The Hall–Kier alpha value is -2.26. The van der Waals surface area contributed by atoms with Gasteiger partial charge in [-0.25, -0.2) is 9.48 Å². The van der Waals surface area contributed by atoms with Gasteiger partial charge >= 0.3 is 6.03 Å². The summed E-state index contributed by atoms with van der Waals surface area (Å²) in [5.41, 5.74) is 1.03. The Morgan fingerprint density at radius 2 is 1.72 bits per heavy atom. The molecule has 4 rings (SSSR count). The number of likely N-dealkylation sites (tertiary alicyclic amines) is 1. The third-order valence-corrected chi connectivity index (χ3v) is 6.94. The van der Waals surface area contributed by atoms with Crippen LogP contribution in [0, 0.1) is 4.77 Å². The molecule has 174 valence electrons. The number of rotatable bonds is 7. The van der Waals surface area contributed by atoms with Gasteiger partial charge in [0.2, 0.25) is 0 Å². The number of nitrogens with one attached hydrogen (secondary N) is 2. The van der Waals surface area contributed by atoms with Crippen molar-refractivity contribution in [3.8, 4) is 11.4 Å². The predicted octanol–water partition coefficient (Wildman–Crippen LogP) is 3.94. The van der Waals surface area contributed by atoms with Crippen LogP contribution in [0.4, 0.5) is 4.79 Å². The molecule has 2 amide bonds. The fourth-order valence-corrected chi connectivity index (χ4v) is 5.02.